The van der Waals surface area contributed by atoms with Gasteiger partial charge in [0, 0.05) is 19.7 Å². The van der Waals surface area contributed by atoms with E-state index in [9.17, 15) is 18.0 Å². The first kappa shape index (κ1) is 22.8. The molecule has 0 saturated heterocycles. The molecule has 6 nitrogen and oxygen atoms in total. The number of carbonyl (C=O) groups excluding carboxylic acids is 2. The van der Waals surface area contributed by atoms with Crippen molar-refractivity contribution < 1.29 is 22.7 Å². The minimum Gasteiger partial charge on any atom is -0.454 e. The highest BCUT2D eigenvalue weighted by Gasteiger charge is 2.21. The van der Waals surface area contributed by atoms with Gasteiger partial charge in [-0.05, 0) is 86.7 Å². The van der Waals surface area contributed by atoms with Crippen LogP contribution in [0.25, 0.3) is 0 Å². The molecule has 0 heterocycles. The van der Waals surface area contributed by atoms with Crippen molar-refractivity contribution >= 4 is 21.8 Å². The van der Waals surface area contributed by atoms with Gasteiger partial charge in [0.1, 0.15) is 0 Å². The van der Waals surface area contributed by atoms with Crippen LogP contribution in [-0.2, 0) is 14.8 Å². The summed E-state index contributed by atoms with van der Waals surface area (Å²) >= 11 is 0. The number of hydrogen-bond acceptors (Lipinski definition) is 5. The first-order valence-corrected chi connectivity index (χ1v) is 10.6. The number of esters is 1. The Balaban J connectivity index is 2.17. The van der Waals surface area contributed by atoms with E-state index in [4.69, 9.17) is 4.74 Å². The molecule has 0 aliphatic rings. The van der Waals surface area contributed by atoms with Crippen molar-refractivity contribution in [2.75, 3.05) is 20.7 Å². The van der Waals surface area contributed by atoms with Crippen molar-refractivity contribution in [2.24, 2.45) is 0 Å². The summed E-state index contributed by atoms with van der Waals surface area (Å²) < 4.78 is 30.5. The molecule has 0 bridgehead atoms. The van der Waals surface area contributed by atoms with E-state index in [1.165, 1.54) is 38.4 Å². The van der Waals surface area contributed by atoms with Crippen LogP contribution >= 0.6 is 0 Å². The zero-order valence-corrected chi connectivity index (χ0v) is 18.7. The lowest BCUT2D eigenvalue weighted by Crippen LogP contribution is -2.22. The maximum absolute atomic E-state index is 12.7. The lowest BCUT2D eigenvalue weighted by molar-refractivity contribution is 0.0474. The van der Waals surface area contributed by atoms with Gasteiger partial charge in [0.25, 0.3) is 0 Å². The predicted molar refractivity (Wildman–Crippen MR) is 112 cm³/mol. The maximum atomic E-state index is 12.7. The molecule has 0 N–H and O–H groups in total. The fourth-order valence-electron chi connectivity index (χ4n) is 3.18. The van der Waals surface area contributed by atoms with E-state index >= 15 is 0 Å². The van der Waals surface area contributed by atoms with Crippen LogP contribution < -0.4 is 0 Å². The summed E-state index contributed by atoms with van der Waals surface area (Å²) in [7, 11) is -0.711. The topological polar surface area (TPSA) is 80.8 Å². The van der Waals surface area contributed by atoms with E-state index in [0.717, 1.165) is 32.1 Å². The number of ether oxygens (including phenoxy) is 1. The molecule has 29 heavy (non-hydrogen) atoms. The van der Waals surface area contributed by atoms with Gasteiger partial charge >= 0.3 is 5.97 Å². The summed E-state index contributed by atoms with van der Waals surface area (Å²) in [5.41, 5.74) is 5.82. The average molecular weight is 418 g/mol. The van der Waals surface area contributed by atoms with Crippen LogP contribution in [0.4, 0.5) is 0 Å². The van der Waals surface area contributed by atoms with E-state index in [1.54, 1.807) is 0 Å². The van der Waals surface area contributed by atoms with Crippen molar-refractivity contribution in [1.82, 2.24) is 4.31 Å². The molecule has 7 heteroatoms. The third-order valence-electron chi connectivity index (χ3n) is 5.48. The van der Waals surface area contributed by atoms with E-state index in [2.05, 4.69) is 0 Å². The summed E-state index contributed by atoms with van der Waals surface area (Å²) in [4.78, 5) is 25.1. The fourth-order valence-corrected chi connectivity index (χ4v) is 4.08. The molecule has 0 amide bonds. The van der Waals surface area contributed by atoms with Gasteiger partial charge in [-0.1, -0.05) is 0 Å². The largest absolute Gasteiger partial charge is 0.454 e. The second-order valence-electron chi connectivity index (χ2n) is 7.31. The Morgan fingerprint density at radius 3 is 1.72 bits per heavy atom. The van der Waals surface area contributed by atoms with E-state index in [0.29, 0.717) is 5.56 Å². The Morgan fingerprint density at radius 2 is 1.28 bits per heavy atom. The van der Waals surface area contributed by atoms with E-state index in [1.807, 2.05) is 34.6 Å². The Kier molecular flexibility index (Phi) is 6.65. The number of carbonyl (C=O) groups is 2. The standard InChI is InChI=1S/C22H27NO5S/c1-13-14(2)16(4)21(17(5)15(13)3)20(24)12-28-22(25)18-8-10-19(11-9-18)29(26,27)23(6)7/h8-11H,12H2,1-7H3. The fraction of sp³-hybridized carbons (Fsp3) is 0.364. The number of Topliss-reactive ketones (excluding diaryl/α,β-unsaturated/α-hetero) is 1. The summed E-state index contributed by atoms with van der Waals surface area (Å²) in [6.07, 6.45) is 0. The molecular formula is C22H27NO5S. The van der Waals surface area contributed by atoms with Gasteiger partial charge in [-0.15, -0.1) is 0 Å². The van der Waals surface area contributed by atoms with Crippen LogP contribution in [0.15, 0.2) is 29.2 Å². The molecule has 2 aromatic carbocycles. The molecule has 156 valence electrons. The van der Waals surface area contributed by atoms with Crippen molar-refractivity contribution in [3.63, 3.8) is 0 Å². The van der Waals surface area contributed by atoms with Crippen molar-refractivity contribution in [2.45, 2.75) is 39.5 Å². The van der Waals surface area contributed by atoms with Crippen molar-refractivity contribution in [3.8, 4) is 0 Å². The maximum Gasteiger partial charge on any atom is 0.338 e. The van der Waals surface area contributed by atoms with Gasteiger partial charge in [0.05, 0.1) is 10.5 Å². The van der Waals surface area contributed by atoms with Gasteiger partial charge in [0.2, 0.25) is 15.8 Å². The quantitative estimate of drug-likeness (QED) is 0.531. The lowest BCUT2D eigenvalue weighted by Gasteiger charge is -2.17. The van der Waals surface area contributed by atoms with Gasteiger partial charge in [-0.25, -0.2) is 17.5 Å². The van der Waals surface area contributed by atoms with E-state index < -0.39 is 16.0 Å². The SMILES string of the molecule is Cc1c(C)c(C)c(C(=O)COC(=O)c2ccc(S(=O)(=O)N(C)C)cc2)c(C)c1C. The second kappa shape index (κ2) is 8.47. The predicted octanol–water partition coefficient (Wildman–Crippen LogP) is 3.52. The van der Waals surface area contributed by atoms with Crippen LogP contribution in [0.1, 0.15) is 48.5 Å². The minimum absolute atomic E-state index is 0.0759. The first-order valence-electron chi connectivity index (χ1n) is 9.19. The highest BCUT2D eigenvalue weighted by Crippen LogP contribution is 2.26. The van der Waals surface area contributed by atoms with Crippen LogP contribution in [0.2, 0.25) is 0 Å². The molecule has 0 unspecified atom stereocenters. The summed E-state index contributed by atoms with van der Waals surface area (Å²) in [5, 5.41) is 0. The van der Waals surface area contributed by atoms with Gasteiger partial charge in [0.15, 0.2) is 6.61 Å². The molecular weight excluding hydrogens is 390 g/mol. The minimum atomic E-state index is -3.58. The number of rotatable bonds is 6. The number of hydrogen-bond donors (Lipinski definition) is 0. The Morgan fingerprint density at radius 1 is 0.828 bits per heavy atom. The Hall–Kier alpha value is -2.51. The molecule has 0 aliphatic carbocycles. The van der Waals surface area contributed by atoms with Crippen LogP contribution in [0.3, 0.4) is 0 Å². The third-order valence-corrected chi connectivity index (χ3v) is 7.31. The zero-order chi connectivity index (χ0) is 22.1. The molecule has 0 aromatic heterocycles. The smallest absolute Gasteiger partial charge is 0.338 e. The molecule has 0 atom stereocenters. The van der Waals surface area contributed by atoms with Gasteiger partial charge in [-0.3, -0.25) is 4.79 Å². The molecule has 0 saturated carbocycles. The second-order valence-corrected chi connectivity index (χ2v) is 9.46. The van der Waals surface area contributed by atoms with Gasteiger partial charge in [-0.2, -0.15) is 0 Å². The number of nitrogens with zero attached hydrogens (tertiary/aromatic N) is 1. The van der Waals surface area contributed by atoms with Gasteiger partial charge < -0.3 is 4.74 Å². The third kappa shape index (κ3) is 4.41. The summed E-state index contributed by atoms with van der Waals surface area (Å²) in [6, 6.07) is 5.43. The molecule has 0 aliphatic heterocycles. The van der Waals surface area contributed by atoms with Crippen LogP contribution in [0, 0.1) is 34.6 Å². The summed E-state index contributed by atoms with van der Waals surface area (Å²) in [5.74, 6) is -0.936. The van der Waals surface area contributed by atoms with Crippen molar-refractivity contribution in [3.05, 3.63) is 63.2 Å². The lowest BCUT2D eigenvalue weighted by atomic mass is 9.88. The number of ketones is 1. The molecule has 0 spiro atoms. The number of sulfonamides is 1. The molecule has 2 aromatic rings. The first-order chi connectivity index (χ1) is 13.4. The van der Waals surface area contributed by atoms with Crippen LogP contribution in [-0.4, -0.2) is 45.2 Å². The Labute approximate surface area is 172 Å². The van der Waals surface area contributed by atoms with E-state index in [-0.39, 0.29) is 22.8 Å². The Bertz CT molecular complexity index is 1040. The highest BCUT2D eigenvalue weighted by molar-refractivity contribution is 7.89. The normalized spacial score (nSPS) is 11.6. The monoisotopic (exact) mass is 417 g/mol. The molecule has 2 rings (SSSR count). The zero-order valence-electron chi connectivity index (χ0n) is 17.9. The highest BCUT2D eigenvalue weighted by atomic mass is 32.2. The summed E-state index contributed by atoms with van der Waals surface area (Å²) in [6.45, 7) is 9.40. The molecule has 0 radical (unpaired) electrons. The molecule has 0 fully saturated rings. The average Bonchev–Trinajstić information content (AvgIpc) is 2.69. The number of benzene rings is 2. The van der Waals surface area contributed by atoms with Crippen molar-refractivity contribution in [1.29, 1.82) is 0 Å². The van der Waals surface area contributed by atoms with Crippen LogP contribution in [0.5, 0.6) is 0 Å².